The maximum Gasteiger partial charge on any atom is 0.196 e. The molecular weight excluding hydrogens is 323 g/mol. The molecule has 0 bridgehead atoms. The van der Waals surface area contributed by atoms with E-state index in [4.69, 9.17) is 4.42 Å². The van der Waals surface area contributed by atoms with Crippen molar-refractivity contribution in [3.63, 3.8) is 0 Å². The summed E-state index contributed by atoms with van der Waals surface area (Å²) in [5.41, 5.74) is 0.762. The van der Waals surface area contributed by atoms with Crippen LogP contribution in [0.5, 0.6) is 0 Å². The minimum Gasteiger partial charge on any atom is -0.441 e. The Balaban J connectivity index is 2.03. The van der Waals surface area contributed by atoms with Gasteiger partial charge >= 0.3 is 0 Å². The van der Waals surface area contributed by atoms with Gasteiger partial charge in [0.15, 0.2) is 11.7 Å². The lowest BCUT2D eigenvalue weighted by Gasteiger charge is -2.19. The summed E-state index contributed by atoms with van der Waals surface area (Å²) < 4.78 is 19.6. The predicted molar refractivity (Wildman–Crippen MR) is 81.1 cm³/mol. The second kappa shape index (κ2) is 6.06. The van der Waals surface area contributed by atoms with Crippen molar-refractivity contribution in [3.05, 3.63) is 40.6 Å². The van der Waals surface area contributed by atoms with E-state index < -0.39 is 0 Å². The molecule has 0 atom stereocenters. The van der Waals surface area contributed by atoms with Crippen LogP contribution in [0, 0.1) is 5.82 Å². The van der Waals surface area contributed by atoms with Crippen LogP contribution in [0.25, 0.3) is 11.3 Å². The first-order valence-electron chi connectivity index (χ1n) is 6.50. The van der Waals surface area contributed by atoms with Crippen molar-refractivity contribution in [1.29, 1.82) is 0 Å². The van der Waals surface area contributed by atoms with Gasteiger partial charge < -0.3 is 9.73 Å². The van der Waals surface area contributed by atoms with E-state index in [0.717, 1.165) is 6.54 Å². The Morgan fingerprint density at radius 1 is 1.35 bits per heavy atom. The molecule has 0 aliphatic heterocycles. The van der Waals surface area contributed by atoms with Crippen LogP contribution in [0.4, 0.5) is 4.39 Å². The monoisotopic (exact) mass is 340 g/mol. The Morgan fingerprint density at radius 2 is 2.10 bits per heavy atom. The van der Waals surface area contributed by atoms with E-state index in [1.807, 2.05) is 0 Å². The minimum atomic E-state index is -0.310. The molecule has 20 heavy (non-hydrogen) atoms. The first-order valence-corrected chi connectivity index (χ1v) is 7.29. The van der Waals surface area contributed by atoms with Crippen molar-refractivity contribution in [3.8, 4) is 11.3 Å². The summed E-state index contributed by atoms with van der Waals surface area (Å²) in [5, 5.41) is 3.37. The molecule has 0 aliphatic rings. The molecule has 0 unspecified atom stereocenters. The average Bonchev–Trinajstić information content (AvgIpc) is 2.80. The van der Waals surface area contributed by atoms with Crippen LogP contribution in [0.1, 0.15) is 26.7 Å². The molecule has 108 valence electrons. The lowest BCUT2D eigenvalue weighted by Crippen LogP contribution is -2.37. The molecule has 0 amide bonds. The Bertz CT molecular complexity index is 590. The second-order valence-electron chi connectivity index (χ2n) is 5.67. The van der Waals surface area contributed by atoms with E-state index in [9.17, 15) is 4.39 Å². The fourth-order valence-electron chi connectivity index (χ4n) is 1.75. The SMILES string of the molecule is CC(C)(C)NCCc1ncc(-c2ccc(Br)c(F)c2)o1. The summed E-state index contributed by atoms with van der Waals surface area (Å²) in [4.78, 5) is 4.22. The molecule has 0 radical (unpaired) electrons. The topological polar surface area (TPSA) is 38.1 Å². The lowest BCUT2D eigenvalue weighted by molar-refractivity contribution is 0.411. The number of nitrogens with zero attached hydrogens (tertiary/aromatic N) is 1. The number of rotatable bonds is 4. The number of oxazole rings is 1. The molecule has 3 nitrogen and oxygen atoms in total. The zero-order valence-corrected chi connectivity index (χ0v) is 13.4. The van der Waals surface area contributed by atoms with Crippen molar-refractivity contribution in [2.24, 2.45) is 0 Å². The van der Waals surface area contributed by atoms with Crippen LogP contribution in [-0.2, 0) is 6.42 Å². The first-order chi connectivity index (χ1) is 9.35. The first kappa shape index (κ1) is 15.2. The lowest BCUT2D eigenvalue weighted by atomic mass is 10.1. The Kier molecular flexibility index (Phi) is 4.60. The standard InChI is InChI=1S/C15H18BrFN2O/c1-15(2,3)19-7-6-14-18-9-13(20-14)10-4-5-11(16)12(17)8-10/h4-5,8-9,19H,6-7H2,1-3H3. The zero-order valence-electron chi connectivity index (χ0n) is 11.8. The quantitative estimate of drug-likeness (QED) is 0.907. The summed E-state index contributed by atoms with van der Waals surface area (Å²) in [6.45, 7) is 7.12. The van der Waals surface area contributed by atoms with Crippen molar-refractivity contribution in [2.45, 2.75) is 32.7 Å². The smallest absolute Gasteiger partial charge is 0.196 e. The highest BCUT2D eigenvalue weighted by molar-refractivity contribution is 9.10. The van der Waals surface area contributed by atoms with E-state index >= 15 is 0 Å². The summed E-state index contributed by atoms with van der Waals surface area (Å²) in [5.74, 6) is 0.928. The molecule has 1 aromatic heterocycles. The molecule has 0 saturated heterocycles. The third kappa shape index (κ3) is 4.15. The molecule has 1 aromatic carbocycles. The van der Waals surface area contributed by atoms with Gasteiger partial charge in [0, 0.05) is 24.1 Å². The largest absolute Gasteiger partial charge is 0.441 e. The van der Waals surface area contributed by atoms with Crippen LogP contribution in [0.15, 0.2) is 33.3 Å². The summed E-state index contributed by atoms with van der Waals surface area (Å²) in [6.07, 6.45) is 2.34. The highest BCUT2D eigenvalue weighted by atomic mass is 79.9. The van der Waals surface area contributed by atoms with Gasteiger partial charge in [0.1, 0.15) is 5.82 Å². The highest BCUT2D eigenvalue weighted by Gasteiger charge is 2.11. The number of aromatic nitrogens is 1. The zero-order chi connectivity index (χ0) is 14.8. The molecule has 0 saturated carbocycles. The molecule has 0 aliphatic carbocycles. The Hall–Kier alpha value is -1.20. The number of hydrogen-bond acceptors (Lipinski definition) is 3. The van der Waals surface area contributed by atoms with Gasteiger partial charge in [-0.05, 0) is 54.9 Å². The van der Waals surface area contributed by atoms with E-state index in [0.29, 0.717) is 28.1 Å². The number of halogens is 2. The maximum atomic E-state index is 13.5. The highest BCUT2D eigenvalue weighted by Crippen LogP contribution is 2.25. The van der Waals surface area contributed by atoms with Crippen molar-refractivity contribution < 1.29 is 8.81 Å². The summed E-state index contributed by atoms with van der Waals surface area (Å²) in [7, 11) is 0. The van der Waals surface area contributed by atoms with Gasteiger partial charge in [0.2, 0.25) is 0 Å². The Morgan fingerprint density at radius 3 is 2.75 bits per heavy atom. The third-order valence-electron chi connectivity index (χ3n) is 2.75. The van der Waals surface area contributed by atoms with Gasteiger partial charge in [-0.25, -0.2) is 9.37 Å². The van der Waals surface area contributed by atoms with Crippen LogP contribution in [0.2, 0.25) is 0 Å². The normalized spacial score (nSPS) is 11.8. The minimum absolute atomic E-state index is 0.0737. The van der Waals surface area contributed by atoms with Crippen LogP contribution in [0.3, 0.4) is 0 Å². The van der Waals surface area contributed by atoms with Crippen LogP contribution >= 0.6 is 15.9 Å². The van der Waals surface area contributed by atoms with Gasteiger partial charge in [-0.3, -0.25) is 0 Å². The molecule has 2 aromatic rings. The van der Waals surface area contributed by atoms with Gasteiger partial charge in [0.05, 0.1) is 10.7 Å². The van der Waals surface area contributed by atoms with Crippen LogP contribution < -0.4 is 5.32 Å². The van der Waals surface area contributed by atoms with Gasteiger partial charge in [-0.15, -0.1) is 0 Å². The summed E-state index contributed by atoms with van der Waals surface area (Å²) in [6, 6.07) is 4.89. The molecule has 5 heteroatoms. The molecule has 2 rings (SSSR count). The third-order valence-corrected chi connectivity index (χ3v) is 3.39. The number of benzene rings is 1. The Labute approximate surface area is 126 Å². The average molecular weight is 341 g/mol. The number of nitrogens with one attached hydrogen (secondary N) is 1. The van der Waals surface area contributed by atoms with Gasteiger partial charge in [-0.1, -0.05) is 0 Å². The molecule has 0 spiro atoms. The second-order valence-corrected chi connectivity index (χ2v) is 6.53. The van der Waals surface area contributed by atoms with Crippen molar-refractivity contribution in [2.75, 3.05) is 6.54 Å². The fraction of sp³-hybridized carbons (Fsp3) is 0.400. The maximum absolute atomic E-state index is 13.5. The van der Waals surface area contributed by atoms with E-state index in [1.165, 1.54) is 6.07 Å². The van der Waals surface area contributed by atoms with Crippen molar-refractivity contribution >= 4 is 15.9 Å². The van der Waals surface area contributed by atoms with E-state index in [1.54, 1.807) is 18.3 Å². The molecule has 1 heterocycles. The van der Waals surface area contributed by atoms with Crippen LogP contribution in [-0.4, -0.2) is 17.1 Å². The van der Waals surface area contributed by atoms with Gasteiger partial charge in [-0.2, -0.15) is 0 Å². The molecular formula is C15H18BrFN2O. The molecule has 0 fully saturated rings. The van der Waals surface area contributed by atoms with Gasteiger partial charge in [0.25, 0.3) is 0 Å². The van der Waals surface area contributed by atoms with E-state index in [2.05, 4.69) is 47.0 Å². The predicted octanol–water partition coefficient (Wildman–Crippen LogP) is 4.17. The van der Waals surface area contributed by atoms with E-state index in [-0.39, 0.29) is 11.4 Å². The molecule has 1 N–H and O–H groups in total. The fourth-order valence-corrected chi connectivity index (χ4v) is 2.00. The number of hydrogen-bond donors (Lipinski definition) is 1. The van der Waals surface area contributed by atoms with Crippen molar-refractivity contribution in [1.82, 2.24) is 10.3 Å². The summed E-state index contributed by atoms with van der Waals surface area (Å²) >= 11 is 3.13.